The molecular formula is C21H20Cl2FN5O4. The maximum atomic E-state index is 13.7. The Labute approximate surface area is 198 Å². The molecule has 2 heterocycles. The number of methoxy groups -OCH3 is 1. The average molecular weight is 496 g/mol. The van der Waals surface area contributed by atoms with Gasteiger partial charge in [0, 0.05) is 43.4 Å². The predicted molar refractivity (Wildman–Crippen MR) is 123 cm³/mol. The van der Waals surface area contributed by atoms with Crippen molar-refractivity contribution in [1.82, 2.24) is 14.8 Å². The van der Waals surface area contributed by atoms with Gasteiger partial charge in [-0.05, 0) is 23.8 Å². The van der Waals surface area contributed by atoms with Crippen molar-refractivity contribution >= 4 is 46.9 Å². The lowest BCUT2D eigenvalue weighted by molar-refractivity contribution is -0.106. The highest BCUT2D eigenvalue weighted by atomic mass is 35.5. The molecule has 0 aliphatic rings. The van der Waals surface area contributed by atoms with Crippen molar-refractivity contribution in [2.75, 3.05) is 31.0 Å². The SMILES string of the molecule is COCCn1cc(N(C=O)c2cc(OCCc3c(Cl)ccc(F)c3Cl)c(N)nn2)ccc1=O. The molecule has 0 unspecified atom stereocenters. The number of hydrogen-bond acceptors (Lipinski definition) is 7. The highest BCUT2D eigenvalue weighted by molar-refractivity contribution is 6.36. The number of carbonyl (C=O) groups is 1. The van der Waals surface area contributed by atoms with Gasteiger partial charge in [-0.15, -0.1) is 10.2 Å². The first-order valence-corrected chi connectivity index (χ1v) is 10.4. The fourth-order valence-electron chi connectivity index (χ4n) is 2.94. The zero-order chi connectivity index (χ0) is 24.0. The van der Waals surface area contributed by atoms with Crippen LogP contribution in [-0.4, -0.2) is 41.5 Å². The van der Waals surface area contributed by atoms with Crippen LogP contribution in [0.25, 0.3) is 0 Å². The molecule has 1 aromatic carbocycles. The van der Waals surface area contributed by atoms with Crippen LogP contribution in [0.15, 0.2) is 41.3 Å². The van der Waals surface area contributed by atoms with Crippen molar-refractivity contribution in [3.8, 4) is 5.75 Å². The van der Waals surface area contributed by atoms with E-state index in [4.69, 9.17) is 38.4 Å². The normalized spacial score (nSPS) is 10.8. The summed E-state index contributed by atoms with van der Waals surface area (Å²) in [5, 5.41) is 8.01. The second kappa shape index (κ2) is 11.1. The molecule has 0 saturated heterocycles. The Balaban J connectivity index is 1.81. The summed E-state index contributed by atoms with van der Waals surface area (Å²) in [6.07, 6.45) is 2.23. The van der Waals surface area contributed by atoms with E-state index in [9.17, 15) is 14.0 Å². The van der Waals surface area contributed by atoms with E-state index in [1.165, 1.54) is 53.1 Å². The number of pyridine rings is 1. The molecule has 33 heavy (non-hydrogen) atoms. The Hall–Kier alpha value is -3.21. The van der Waals surface area contributed by atoms with E-state index in [2.05, 4.69) is 10.2 Å². The minimum absolute atomic E-state index is 0.00824. The number of amides is 1. The van der Waals surface area contributed by atoms with Gasteiger partial charge in [-0.1, -0.05) is 23.2 Å². The molecule has 0 saturated carbocycles. The summed E-state index contributed by atoms with van der Waals surface area (Å²) in [4.78, 5) is 25.0. The van der Waals surface area contributed by atoms with Crippen LogP contribution in [0, 0.1) is 5.82 Å². The van der Waals surface area contributed by atoms with E-state index in [0.29, 0.717) is 35.8 Å². The quantitative estimate of drug-likeness (QED) is 0.339. The molecule has 3 rings (SSSR count). The van der Waals surface area contributed by atoms with Crippen LogP contribution in [0.3, 0.4) is 0 Å². The largest absolute Gasteiger partial charge is 0.489 e. The van der Waals surface area contributed by atoms with E-state index in [1.807, 2.05) is 0 Å². The topological polar surface area (TPSA) is 113 Å². The van der Waals surface area contributed by atoms with E-state index in [1.54, 1.807) is 0 Å². The van der Waals surface area contributed by atoms with Crippen LogP contribution >= 0.6 is 23.2 Å². The Morgan fingerprint density at radius 2 is 2.00 bits per heavy atom. The van der Waals surface area contributed by atoms with Crippen molar-refractivity contribution < 1.29 is 18.7 Å². The average Bonchev–Trinajstić information content (AvgIpc) is 2.81. The fourth-order valence-corrected chi connectivity index (χ4v) is 3.50. The number of aromatic nitrogens is 3. The first kappa shape index (κ1) is 24.4. The molecular weight excluding hydrogens is 476 g/mol. The highest BCUT2D eigenvalue weighted by Crippen LogP contribution is 2.30. The minimum Gasteiger partial charge on any atom is -0.489 e. The second-order valence-electron chi connectivity index (χ2n) is 6.76. The summed E-state index contributed by atoms with van der Waals surface area (Å²) >= 11 is 12.1. The van der Waals surface area contributed by atoms with Gasteiger partial charge in [-0.25, -0.2) is 4.39 Å². The molecule has 0 aliphatic heterocycles. The number of hydrogen-bond donors (Lipinski definition) is 1. The summed E-state index contributed by atoms with van der Waals surface area (Å²) in [6.45, 7) is 0.688. The van der Waals surface area contributed by atoms with Crippen molar-refractivity contribution in [3.05, 3.63) is 68.3 Å². The maximum absolute atomic E-state index is 13.7. The summed E-state index contributed by atoms with van der Waals surface area (Å²) < 4.78 is 25.8. The monoisotopic (exact) mass is 495 g/mol. The fraction of sp³-hybridized carbons (Fsp3) is 0.238. The van der Waals surface area contributed by atoms with Crippen molar-refractivity contribution in [2.45, 2.75) is 13.0 Å². The Kier molecular flexibility index (Phi) is 8.21. The number of nitrogens with zero attached hydrogens (tertiary/aromatic N) is 4. The van der Waals surface area contributed by atoms with E-state index in [-0.39, 0.29) is 41.0 Å². The molecule has 12 heteroatoms. The van der Waals surface area contributed by atoms with Gasteiger partial charge in [0.15, 0.2) is 17.4 Å². The lowest BCUT2D eigenvalue weighted by Gasteiger charge is -2.18. The van der Waals surface area contributed by atoms with E-state index in [0.717, 1.165) is 0 Å². The Morgan fingerprint density at radius 3 is 2.73 bits per heavy atom. The summed E-state index contributed by atoms with van der Waals surface area (Å²) in [6, 6.07) is 6.82. The third kappa shape index (κ3) is 5.78. The number of benzene rings is 1. The summed E-state index contributed by atoms with van der Waals surface area (Å²) in [5.74, 6) is -0.320. The Morgan fingerprint density at radius 1 is 1.21 bits per heavy atom. The van der Waals surface area contributed by atoms with Crippen molar-refractivity contribution in [1.29, 1.82) is 0 Å². The first-order valence-electron chi connectivity index (χ1n) is 9.68. The molecule has 0 spiro atoms. The molecule has 0 atom stereocenters. The van der Waals surface area contributed by atoms with Crippen LogP contribution in [0.1, 0.15) is 5.56 Å². The first-order chi connectivity index (χ1) is 15.8. The van der Waals surface area contributed by atoms with Gasteiger partial charge in [-0.2, -0.15) is 0 Å². The molecule has 2 aromatic heterocycles. The number of halogens is 3. The van der Waals surface area contributed by atoms with E-state index < -0.39 is 5.82 Å². The molecule has 2 N–H and O–H groups in total. The number of anilines is 3. The molecule has 0 fully saturated rings. The molecule has 0 radical (unpaired) electrons. The lowest BCUT2D eigenvalue weighted by Crippen LogP contribution is -2.24. The van der Waals surface area contributed by atoms with Gasteiger partial charge >= 0.3 is 0 Å². The lowest BCUT2D eigenvalue weighted by atomic mass is 10.1. The number of nitrogens with two attached hydrogens (primary N) is 1. The Bertz CT molecular complexity index is 1210. The highest BCUT2D eigenvalue weighted by Gasteiger charge is 2.16. The minimum atomic E-state index is -0.586. The third-order valence-electron chi connectivity index (χ3n) is 4.66. The second-order valence-corrected chi connectivity index (χ2v) is 7.54. The summed E-state index contributed by atoms with van der Waals surface area (Å²) in [5.41, 5.74) is 6.38. The van der Waals surface area contributed by atoms with Crippen LogP contribution in [-0.2, 0) is 22.5 Å². The van der Waals surface area contributed by atoms with Crippen molar-refractivity contribution in [2.24, 2.45) is 0 Å². The smallest absolute Gasteiger partial charge is 0.250 e. The molecule has 1 amide bonds. The number of nitrogen functional groups attached to an aromatic ring is 1. The predicted octanol–water partition coefficient (Wildman–Crippen LogP) is 3.23. The van der Waals surface area contributed by atoms with Gasteiger partial charge in [0.2, 0.25) is 6.41 Å². The van der Waals surface area contributed by atoms with Crippen LogP contribution in [0.5, 0.6) is 5.75 Å². The number of rotatable bonds is 10. The molecule has 3 aromatic rings. The molecule has 0 bridgehead atoms. The van der Waals surface area contributed by atoms with Crippen LogP contribution < -0.4 is 20.9 Å². The number of ether oxygens (including phenoxy) is 2. The zero-order valence-corrected chi connectivity index (χ0v) is 19.0. The van der Waals surface area contributed by atoms with Crippen LogP contribution in [0.4, 0.5) is 21.7 Å². The van der Waals surface area contributed by atoms with Crippen molar-refractivity contribution in [3.63, 3.8) is 0 Å². The zero-order valence-electron chi connectivity index (χ0n) is 17.5. The molecule has 174 valence electrons. The van der Waals surface area contributed by atoms with Gasteiger partial charge in [0.25, 0.3) is 5.56 Å². The standard InChI is InChI=1S/C21H20Cl2FN5O4/c1-32-9-7-28-11-13(2-5-19(28)31)29(12-30)18-10-17(21(25)27-26-18)33-8-6-14-15(22)3-4-16(24)20(14)23/h2-5,10-12H,6-9H2,1H3,(H2,25,27). The van der Waals surface area contributed by atoms with Crippen LogP contribution in [0.2, 0.25) is 10.0 Å². The van der Waals surface area contributed by atoms with Gasteiger partial charge in [0.1, 0.15) is 5.82 Å². The molecule has 0 aliphatic carbocycles. The number of carbonyl (C=O) groups excluding carboxylic acids is 1. The third-order valence-corrected chi connectivity index (χ3v) is 5.42. The molecule has 9 nitrogen and oxygen atoms in total. The van der Waals surface area contributed by atoms with Gasteiger partial charge in [0.05, 0.1) is 23.9 Å². The summed E-state index contributed by atoms with van der Waals surface area (Å²) in [7, 11) is 1.52. The van der Waals surface area contributed by atoms with Gasteiger partial charge in [-0.3, -0.25) is 14.5 Å². The maximum Gasteiger partial charge on any atom is 0.250 e. The van der Waals surface area contributed by atoms with E-state index >= 15 is 0 Å². The van der Waals surface area contributed by atoms with Gasteiger partial charge < -0.3 is 19.8 Å².